The number of nitrogens with one attached hydrogen (secondary N) is 1. The monoisotopic (exact) mass is 202 g/mol. The summed E-state index contributed by atoms with van der Waals surface area (Å²) in [4.78, 5) is 10.2. The van der Waals surface area contributed by atoms with Gasteiger partial charge in [0, 0.05) is 21.0 Å². The minimum atomic E-state index is -3.56. The Bertz CT molecular complexity index is 223. The summed E-state index contributed by atoms with van der Waals surface area (Å²) in [6, 6.07) is 0. The third-order valence-electron chi connectivity index (χ3n) is 0.753. The van der Waals surface area contributed by atoms with Gasteiger partial charge >= 0.3 is 10.2 Å². The number of nitrogens with zero attached hydrogens (tertiary/aromatic N) is 1. The van der Waals surface area contributed by atoms with Gasteiger partial charge in [-0.1, -0.05) is 0 Å². The van der Waals surface area contributed by atoms with Gasteiger partial charge in [-0.05, 0) is 0 Å². The third kappa shape index (κ3) is 5.00. The Balaban J connectivity index is 0. The van der Waals surface area contributed by atoms with Crippen LogP contribution in [0.15, 0.2) is 0 Å². The van der Waals surface area contributed by atoms with E-state index in [4.69, 9.17) is 0 Å². The lowest BCUT2D eigenvalue weighted by molar-refractivity contribution is -0.117. The van der Waals surface area contributed by atoms with E-state index < -0.39 is 16.1 Å². The second kappa shape index (κ2) is 4.53. The molecule has 0 aliphatic carbocycles. The molecule has 0 heterocycles. The van der Waals surface area contributed by atoms with Crippen molar-refractivity contribution < 1.29 is 13.2 Å². The van der Waals surface area contributed by atoms with Crippen molar-refractivity contribution in [2.75, 3.05) is 14.1 Å². The van der Waals surface area contributed by atoms with Gasteiger partial charge in [-0.3, -0.25) is 4.79 Å². The van der Waals surface area contributed by atoms with Gasteiger partial charge < -0.3 is 0 Å². The lowest BCUT2D eigenvalue weighted by Crippen LogP contribution is -2.38. The number of carbonyl (C=O) groups excluding carboxylic acids is 1. The fraction of sp³-hybridized carbons (Fsp3) is 0.750. The fourth-order valence-corrected chi connectivity index (χ4v) is 0.819. The summed E-state index contributed by atoms with van der Waals surface area (Å²) >= 11 is 0. The molecule has 11 heavy (non-hydrogen) atoms. The Labute approximate surface area is 72.4 Å². The van der Waals surface area contributed by atoms with Gasteiger partial charge in [0.2, 0.25) is 5.91 Å². The summed E-state index contributed by atoms with van der Waals surface area (Å²) in [6.07, 6.45) is 0. The highest BCUT2D eigenvalue weighted by atomic mass is 35.5. The number of rotatable bonds is 2. The third-order valence-corrected chi connectivity index (χ3v) is 2.26. The molecule has 68 valence electrons. The second-order valence-corrected chi connectivity index (χ2v) is 3.83. The lowest BCUT2D eigenvalue weighted by atomic mass is 10.8. The molecule has 5 nitrogen and oxygen atoms in total. The highest BCUT2D eigenvalue weighted by Crippen LogP contribution is 1.86. The summed E-state index contributed by atoms with van der Waals surface area (Å²) < 4.78 is 24.2. The zero-order valence-electron chi connectivity index (χ0n) is 6.49. The van der Waals surface area contributed by atoms with Crippen molar-refractivity contribution in [1.82, 2.24) is 9.03 Å². The maximum atomic E-state index is 10.7. The predicted octanol–water partition coefficient (Wildman–Crippen LogP) is -0.649. The Morgan fingerprint density at radius 3 is 1.82 bits per heavy atom. The first-order valence-corrected chi connectivity index (χ1v) is 4.01. The average molecular weight is 203 g/mol. The molecule has 0 aromatic rings. The second-order valence-electron chi connectivity index (χ2n) is 1.95. The highest BCUT2D eigenvalue weighted by molar-refractivity contribution is 7.87. The summed E-state index contributed by atoms with van der Waals surface area (Å²) in [5, 5.41) is 0. The fourth-order valence-electron chi connectivity index (χ4n) is 0.273. The molecular weight excluding hydrogens is 192 g/mol. The molecular formula is C4H11ClN2O3S. The molecule has 0 atom stereocenters. The average Bonchev–Trinajstić information content (AvgIpc) is 1.60. The highest BCUT2D eigenvalue weighted by Gasteiger charge is 2.13. The van der Waals surface area contributed by atoms with E-state index in [2.05, 4.69) is 0 Å². The molecule has 0 spiro atoms. The van der Waals surface area contributed by atoms with Gasteiger partial charge in [-0.25, -0.2) is 4.72 Å². The van der Waals surface area contributed by atoms with Crippen LogP contribution < -0.4 is 4.72 Å². The SMILES string of the molecule is CC(=O)NS(=O)(=O)N(C)C.Cl. The Morgan fingerprint density at radius 1 is 1.36 bits per heavy atom. The van der Waals surface area contributed by atoms with Crippen LogP contribution in [0.1, 0.15) is 6.92 Å². The van der Waals surface area contributed by atoms with E-state index in [0.29, 0.717) is 0 Å². The van der Waals surface area contributed by atoms with Crippen LogP contribution >= 0.6 is 12.4 Å². The van der Waals surface area contributed by atoms with Gasteiger partial charge in [0.1, 0.15) is 0 Å². The first-order chi connectivity index (χ1) is 4.36. The molecule has 7 heteroatoms. The Morgan fingerprint density at radius 2 is 1.73 bits per heavy atom. The Kier molecular flexibility index (Phi) is 5.46. The predicted molar refractivity (Wildman–Crippen MR) is 43.7 cm³/mol. The number of halogens is 1. The quantitative estimate of drug-likeness (QED) is 0.647. The van der Waals surface area contributed by atoms with Crippen LogP contribution in [0.5, 0.6) is 0 Å². The maximum absolute atomic E-state index is 10.7. The smallest absolute Gasteiger partial charge is 0.274 e. The summed E-state index contributed by atoms with van der Waals surface area (Å²) in [6.45, 7) is 1.14. The number of carbonyl (C=O) groups is 1. The molecule has 0 saturated heterocycles. The van der Waals surface area contributed by atoms with E-state index in [1.165, 1.54) is 14.1 Å². The zero-order chi connectivity index (χ0) is 8.36. The molecule has 1 amide bonds. The minimum Gasteiger partial charge on any atom is -0.274 e. The molecule has 0 saturated carbocycles. The first kappa shape index (κ1) is 13.3. The first-order valence-electron chi connectivity index (χ1n) is 2.57. The van der Waals surface area contributed by atoms with E-state index in [0.717, 1.165) is 11.2 Å². The molecule has 0 rings (SSSR count). The maximum Gasteiger partial charge on any atom is 0.303 e. The molecule has 0 radical (unpaired) electrons. The zero-order valence-corrected chi connectivity index (χ0v) is 8.12. The molecule has 0 aliphatic heterocycles. The van der Waals surface area contributed by atoms with Crippen molar-refractivity contribution in [1.29, 1.82) is 0 Å². The van der Waals surface area contributed by atoms with Crippen LogP contribution in [0.4, 0.5) is 0 Å². The minimum absolute atomic E-state index is 0. The van der Waals surface area contributed by atoms with Crippen LogP contribution in [-0.4, -0.2) is 32.7 Å². The van der Waals surface area contributed by atoms with Crippen LogP contribution in [0, 0.1) is 0 Å². The molecule has 0 bridgehead atoms. The molecule has 0 aromatic heterocycles. The van der Waals surface area contributed by atoms with Gasteiger partial charge in [0.15, 0.2) is 0 Å². The molecule has 0 aromatic carbocycles. The van der Waals surface area contributed by atoms with Crippen molar-refractivity contribution in [2.45, 2.75) is 6.92 Å². The van der Waals surface area contributed by atoms with Crippen molar-refractivity contribution >= 4 is 28.5 Å². The van der Waals surface area contributed by atoms with E-state index in [9.17, 15) is 13.2 Å². The summed E-state index contributed by atoms with van der Waals surface area (Å²) in [7, 11) is -0.887. The topological polar surface area (TPSA) is 66.5 Å². The molecule has 0 unspecified atom stereocenters. The van der Waals surface area contributed by atoms with E-state index in [1.54, 1.807) is 4.72 Å². The van der Waals surface area contributed by atoms with Crippen molar-refractivity contribution in [3.63, 3.8) is 0 Å². The molecule has 1 N–H and O–H groups in total. The standard InChI is InChI=1S/C4H10N2O3S.ClH/c1-4(7)5-10(8,9)6(2)3;/h1-3H3,(H,5,7);1H. The van der Waals surface area contributed by atoms with Gasteiger partial charge in [0.05, 0.1) is 0 Å². The summed E-state index contributed by atoms with van der Waals surface area (Å²) in [5.41, 5.74) is 0. The molecule has 0 fully saturated rings. The van der Waals surface area contributed by atoms with Crippen molar-refractivity contribution in [2.24, 2.45) is 0 Å². The van der Waals surface area contributed by atoms with Crippen molar-refractivity contribution in [3.05, 3.63) is 0 Å². The lowest BCUT2D eigenvalue weighted by Gasteiger charge is -2.09. The van der Waals surface area contributed by atoms with Gasteiger partial charge in [0.25, 0.3) is 0 Å². The molecule has 0 aliphatic rings. The number of hydrogen-bond acceptors (Lipinski definition) is 3. The van der Waals surface area contributed by atoms with E-state index in [1.807, 2.05) is 0 Å². The number of amides is 1. The summed E-state index contributed by atoms with van der Waals surface area (Å²) in [5.74, 6) is -0.589. The normalized spacial score (nSPS) is 10.5. The van der Waals surface area contributed by atoms with E-state index >= 15 is 0 Å². The van der Waals surface area contributed by atoms with Gasteiger partial charge in [-0.2, -0.15) is 12.7 Å². The van der Waals surface area contributed by atoms with E-state index in [-0.39, 0.29) is 12.4 Å². The van der Waals surface area contributed by atoms with Crippen molar-refractivity contribution in [3.8, 4) is 0 Å². The Hall–Kier alpha value is -0.330. The largest absolute Gasteiger partial charge is 0.303 e. The van der Waals surface area contributed by atoms with Gasteiger partial charge in [-0.15, -0.1) is 12.4 Å². The number of hydrogen-bond donors (Lipinski definition) is 1. The van der Waals surface area contributed by atoms with Crippen LogP contribution in [0.25, 0.3) is 0 Å². The van der Waals surface area contributed by atoms with Crippen LogP contribution in [0.3, 0.4) is 0 Å². The van der Waals surface area contributed by atoms with Crippen LogP contribution in [-0.2, 0) is 15.0 Å². The van der Waals surface area contributed by atoms with Crippen LogP contribution in [0.2, 0.25) is 0 Å².